The molecular weight excluding hydrogens is 208 g/mol. The summed E-state index contributed by atoms with van der Waals surface area (Å²) < 4.78 is 0. The summed E-state index contributed by atoms with van der Waals surface area (Å²) in [4.78, 5) is 25.3. The Bertz CT molecular complexity index is 306. The van der Waals surface area contributed by atoms with Gasteiger partial charge in [0.15, 0.2) is 0 Å². The predicted octanol–water partition coefficient (Wildman–Crippen LogP) is 0.711. The van der Waals surface area contributed by atoms with E-state index < -0.39 is 6.09 Å². The fraction of sp³-hybridized carbons (Fsp3) is 0.818. The van der Waals surface area contributed by atoms with Gasteiger partial charge in [-0.25, -0.2) is 4.79 Å². The summed E-state index contributed by atoms with van der Waals surface area (Å²) in [6.45, 7) is 6.41. The maximum Gasteiger partial charge on any atom is 0.407 e. The highest BCUT2D eigenvalue weighted by molar-refractivity contribution is 5.73. The minimum Gasteiger partial charge on any atom is -0.465 e. The van der Waals surface area contributed by atoms with Gasteiger partial charge in [-0.05, 0) is 24.7 Å². The van der Waals surface area contributed by atoms with Crippen molar-refractivity contribution in [2.45, 2.75) is 13.8 Å². The Morgan fingerprint density at radius 1 is 1.38 bits per heavy atom. The van der Waals surface area contributed by atoms with E-state index in [0.717, 1.165) is 13.1 Å². The Hall–Kier alpha value is -1.26. The number of likely N-dealkylation sites (tertiary alicyclic amines) is 1. The highest BCUT2D eigenvalue weighted by Crippen LogP contribution is 2.51. The van der Waals surface area contributed by atoms with Gasteiger partial charge in [0.05, 0.1) is 0 Å². The average molecular weight is 226 g/mol. The Kier molecular flexibility index (Phi) is 2.78. The molecule has 2 fully saturated rings. The number of amides is 2. The van der Waals surface area contributed by atoms with E-state index in [2.05, 4.69) is 0 Å². The Morgan fingerprint density at radius 2 is 1.94 bits per heavy atom. The second kappa shape index (κ2) is 3.96. The van der Waals surface area contributed by atoms with Crippen LogP contribution in [0.2, 0.25) is 0 Å². The molecule has 0 aromatic rings. The molecule has 0 aromatic heterocycles. The van der Waals surface area contributed by atoms with Gasteiger partial charge in [-0.2, -0.15) is 0 Å². The lowest BCUT2D eigenvalue weighted by atomic mass is 10.2. The zero-order valence-electron chi connectivity index (χ0n) is 9.72. The molecule has 0 bridgehead atoms. The van der Waals surface area contributed by atoms with E-state index in [9.17, 15) is 9.59 Å². The zero-order chi connectivity index (χ0) is 11.9. The van der Waals surface area contributed by atoms with E-state index in [4.69, 9.17) is 5.11 Å². The first-order chi connectivity index (χ1) is 7.54. The van der Waals surface area contributed by atoms with Crippen molar-refractivity contribution in [3.05, 3.63) is 0 Å². The number of fused-ring (bicyclic) bond motifs is 1. The summed E-state index contributed by atoms with van der Waals surface area (Å²) in [5.41, 5.74) is 0. The molecule has 90 valence electrons. The number of carboxylic acid groups (broad SMARTS) is 1. The third kappa shape index (κ3) is 1.86. The van der Waals surface area contributed by atoms with Crippen molar-refractivity contribution in [2.75, 3.05) is 26.2 Å². The van der Waals surface area contributed by atoms with Crippen LogP contribution in [0.15, 0.2) is 0 Å². The van der Waals surface area contributed by atoms with Gasteiger partial charge in [-0.3, -0.25) is 4.79 Å². The number of carbonyl (C=O) groups is 2. The first kappa shape index (κ1) is 11.2. The van der Waals surface area contributed by atoms with Crippen LogP contribution in [0.4, 0.5) is 4.79 Å². The van der Waals surface area contributed by atoms with E-state index in [1.807, 2.05) is 11.8 Å². The number of hydrogen-bond acceptors (Lipinski definition) is 2. The maximum atomic E-state index is 11.3. The Balaban J connectivity index is 1.81. The number of rotatable bonds is 3. The van der Waals surface area contributed by atoms with E-state index in [1.165, 1.54) is 4.90 Å². The van der Waals surface area contributed by atoms with Crippen molar-refractivity contribution in [3.8, 4) is 0 Å². The number of nitrogens with zero attached hydrogens (tertiary/aromatic N) is 2. The molecule has 5 nitrogen and oxygen atoms in total. The highest BCUT2D eigenvalue weighted by atomic mass is 16.4. The fourth-order valence-electron chi connectivity index (χ4n) is 2.81. The first-order valence-electron chi connectivity index (χ1n) is 5.78. The third-order valence-electron chi connectivity index (χ3n) is 3.90. The summed E-state index contributed by atoms with van der Waals surface area (Å²) in [5, 5.41) is 8.82. The molecular formula is C11H18N2O3. The second-order valence-corrected chi connectivity index (χ2v) is 4.74. The summed E-state index contributed by atoms with van der Waals surface area (Å²) in [5.74, 6) is 1.62. The molecule has 1 heterocycles. The summed E-state index contributed by atoms with van der Waals surface area (Å²) in [6.07, 6.45) is -0.815. The quantitative estimate of drug-likeness (QED) is 0.771. The van der Waals surface area contributed by atoms with Crippen LogP contribution in [0.3, 0.4) is 0 Å². The molecule has 1 N–H and O–H groups in total. The largest absolute Gasteiger partial charge is 0.465 e. The lowest BCUT2D eigenvalue weighted by molar-refractivity contribution is -0.129. The second-order valence-electron chi connectivity index (χ2n) is 4.74. The third-order valence-corrected chi connectivity index (χ3v) is 3.90. The van der Waals surface area contributed by atoms with Crippen LogP contribution in [0, 0.1) is 17.8 Å². The van der Waals surface area contributed by atoms with Gasteiger partial charge in [0.25, 0.3) is 0 Å². The van der Waals surface area contributed by atoms with Crippen molar-refractivity contribution < 1.29 is 14.7 Å². The highest BCUT2D eigenvalue weighted by Gasteiger charge is 2.56. The zero-order valence-corrected chi connectivity index (χ0v) is 9.72. The van der Waals surface area contributed by atoms with Crippen LogP contribution >= 0.6 is 0 Å². The van der Waals surface area contributed by atoms with Gasteiger partial charge in [0.1, 0.15) is 0 Å². The number of hydrogen-bond donors (Lipinski definition) is 1. The monoisotopic (exact) mass is 226 g/mol. The van der Waals surface area contributed by atoms with Gasteiger partial charge in [0, 0.05) is 33.1 Å². The Morgan fingerprint density at radius 3 is 2.31 bits per heavy atom. The molecule has 1 saturated heterocycles. The van der Waals surface area contributed by atoms with E-state index in [-0.39, 0.29) is 5.91 Å². The van der Waals surface area contributed by atoms with Gasteiger partial charge >= 0.3 is 6.09 Å². The first-order valence-corrected chi connectivity index (χ1v) is 5.78. The lowest BCUT2D eigenvalue weighted by Gasteiger charge is -2.21. The normalized spacial score (nSPS) is 31.1. The smallest absolute Gasteiger partial charge is 0.407 e. The van der Waals surface area contributed by atoms with Gasteiger partial charge in [-0.15, -0.1) is 0 Å². The predicted molar refractivity (Wildman–Crippen MR) is 58.0 cm³/mol. The van der Waals surface area contributed by atoms with Crippen LogP contribution in [-0.2, 0) is 4.79 Å². The number of piperidine rings is 1. The van der Waals surface area contributed by atoms with Crippen LogP contribution in [0.1, 0.15) is 13.8 Å². The van der Waals surface area contributed by atoms with Crippen LogP contribution in [0.5, 0.6) is 0 Å². The average Bonchev–Trinajstić information content (AvgIpc) is 2.68. The van der Waals surface area contributed by atoms with E-state index in [1.54, 1.807) is 6.92 Å². The molecule has 2 aliphatic rings. The van der Waals surface area contributed by atoms with E-state index >= 15 is 0 Å². The molecule has 0 unspecified atom stereocenters. The lowest BCUT2D eigenvalue weighted by Crippen LogP contribution is -2.35. The van der Waals surface area contributed by atoms with Crippen LogP contribution < -0.4 is 0 Å². The van der Waals surface area contributed by atoms with Crippen molar-refractivity contribution >= 4 is 12.0 Å². The number of carbonyl (C=O) groups excluding carboxylic acids is 1. The van der Waals surface area contributed by atoms with Crippen molar-refractivity contribution in [1.82, 2.24) is 9.80 Å². The van der Waals surface area contributed by atoms with Gasteiger partial charge in [-0.1, -0.05) is 0 Å². The Labute approximate surface area is 95.0 Å². The summed E-state index contributed by atoms with van der Waals surface area (Å²) in [6, 6.07) is 0. The fourth-order valence-corrected chi connectivity index (χ4v) is 2.81. The molecule has 1 aliphatic heterocycles. The van der Waals surface area contributed by atoms with Gasteiger partial charge < -0.3 is 14.9 Å². The molecule has 0 spiro atoms. The summed E-state index contributed by atoms with van der Waals surface area (Å²) in [7, 11) is 0. The SMILES string of the molecule is CCN(C[C@@H]1[C@H]2CN(C(=O)O)C[C@@H]12)C(C)=O. The summed E-state index contributed by atoms with van der Waals surface area (Å²) >= 11 is 0. The molecule has 0 radical (unpaired) electrons. The van der Waals surface area contributed by atoms with E-state index in [0.29, 0.717) is 30.8 Å². The molecule has 1 aliphatic carbocycles. The standard InChI is InChI=1S/C11H18N2O3/c1-3-12(7(2)14)4-8-9-5-13(11(15)16)6-10(8)9/h8-10H,3-6H2,1-2H3,(H,15,16)/t8-,9-,10+. The maximum absolute atomic E-state index is 11.3. The van der Waals surface area contributed by atoms with Crippen LogP contribution in [0.25, 0.3) is 0 Å². The topological polar surface area (TPSA) is 60.9 Å². The minimum absolute atomic E-state index is 0.113. The molecule has 1 saturated carbocycles. The van der Waals surface area contributed by atoms with Crippen molar-refractivity contribution in [3.63, 3.8) is 0 Å². The molecule has 5 heteroatoms. The minimum atomic E-state index is -0.815. The molecule has 2 rings (SSSR count). The van der Waals surface area contributed by atoms with Crippen LogP contribution in [-0.4, -0.2) is 53.1 Å². The van der Waals surface area contributed by atoms with Crippen molar-refractivity contribution in [2.24, 2.45) is 17.8 Å². The molecule has 16 heavy (non-hydrogen) atoms. The molecule has 3 atom stereocenters. The molecule has 2 amide bonds. The van der Waals surface area contributed by atoms with Crippen molar-refractivity contribution in [1.29, 1.82) is 0 Å². The molecule has 0 aromatic carbocycles. The van der Waals surface area contributed by atoms with Gasteiger partial charge in [0.2, 0.25) is 5.91 Å².